The maximum Gasteiger partial charge on any atom is 0.317 e. The molecule has 1 saturated carbocycles. The molecule has 2 N–H and O–H groups in total. The summed E-state index contributed by atoms with van der Waals surface area (Å²) >= 11 is 0. The lowest BCUT2D eigenvalue weighted by atomic mass is 9.97. The van der Waals surface area contributed by atoms with E-state index in [-0.39, 0.29) is 36.4 Å². The number of carbonyl (C=O) groups is 2. The van der Waals surface area contributed by atoms with Gasteiger partial charge in [0.25, 0.3) is 0 Å². The van der Waals surface area contributed by atoms with E-state index < -0.39 is 0 Å². The number of hydrogen-bond acceptors (Lipinski definition) is 3. The summed E-state index contributed by atoms with van der Waals surface area (Å²) in [5.74, 6) is 0.436. The van der Waals surface area contributed by atoms with E-state index in [9.17, 15) is 9.59 Å². The van der Waals surface area contributed by atoms with E-state index in [0.29, 0.717) is 6.61 Å². The van der Waals surface area contributed by atoms with Crippen molar-refractivity contribution in [1.82, 2.24) is 10.6 Å². The summed E-state index contributed by atoms with van der Waals surface area (Å²) in [5.41, 5.74) is 0. The lowest BCUT2D eigenvalue weighted by molar-refractivity contribution is -0.123. The number of hydrogen-bond donors (Lipinski definition) is 2. The normalized spacial score (nSPS) is 16.2. The molecule has 1 aliphatic rings. The van der Waals surface area contributed by atoms with Crippen LogP contribution in [0.5, 0.6) is 0 Å². The molecular formula is C14H26N2O3. The lowest BCUT2D eigenvalue weighted by Crippen LogP contribution is -2.49. The number of urea groups is 1. The summed E-state index contributed by atoms with van der Waals surface area (Å²) < 4.78 is 5.25. The Kier molecular flexibility index (Phi) is 6.84. The maximum absolute atomic E-state index is 12.0. The van der Waals surface area contributed by atoms with Crippen LogP contribution < -0.4 is 10.6 Å². The highest BCUT2D eigenvalue weighted by atomic mass is 16.5. The summed E-state index contributed by atoms with van der Waals surface area (Å²) in [6, 6.07) is -0.715. The Morgan fingerprint density at radius 2 is 2.00 bits per heavy atom. The molecule has 110 valence electrons. The third-order valence-electron chi connectivity index (χ3n) is 3.22. The minimum atomic E-state index is -0.386. The first-order valence-corrected chi connectivity index (χ1v) is 7.22. The Morgan fingerprint density at radius 1 is 1.32 bits per heavy atom. The van der Waals surface area contributed by atoms with Crippen molar-refractivity contribution in [2.45, 2.75) is 52.5 Å². The van der Waals surface area contributed by atoms with Crippen LogP contribution in [0, 0.1) is 11.8 Å². The second-order valence-corrected chi connectivity index (χ2v) is 5.45. The van der Waals surface area contributed by atoms with Crippen LogP contribution >= 0.6 is 0 Å². The molecular weight excluding hydrogens is 244 g/mol. The second-order valence-electron chi connectivity index (χ2n) is 5.45. The molecule has 1 aliphatic carbocycles. The van der Waals surface area contributed by atoms with Crippen LogP contribution in [0.2, 0.25) is 0 Å². The molecule has 5 heteroatoms. The minimum Gasteiger partial charge on any atom is -0.361 e. The smallest absolute Gasteiger partial charge is 0.317 e. The third-order valence-corrected chi connectivity index (χ3v) is 3.22. The van der Waals surface area contributed by atoms with Crippen LogP contribution in [0.15, 0.2) is 0 Å². The Labute approximate surface area is 115 Å². The fourth-order valence-corrected chi connectivity index (χ4v) is 1.82. The highest BCUT2D eigenvalue weighted by Crippen LogP contribution is 2.32. The zero-order valence-corrected chi connectivity index (χ0v) is 12.2. The highest BCUT2D eigenvalue weighted by Gasteiger charge is 2.36. The monoisotopic (exact) mass is 270 g/mol. The molecule has 0 radical (unpaired) electrons. The number of amides is 2. The van der Waals surface area contributed by atoms with Crippen LogP contribution in [0.1, 0.15) is 46.5 Å². The van der Waals surface area contributed by atoms with Crippen molar-refractivity contribution in [2.75, 3.05) is 13.3 Å². The van der Waals surface area contributed by atoms with Gasteiger partial charge in [0, 0.05) is 12.5 Å². The highest BCUT2D eigenvalue weighted by molar-refractivity contribution is 5.91. The van der Waals surface area contributed by atoms with E-state index >= 15 is 0 Å². The summed E-state index contributed by atoms with van der Waals surface area (Å²) in [7, 11) is 0. The molecule has 0 aliphatic heterocycles. The molecule has 19 heavy (non-hydrogen) atoms. The molecule has 2 amide bonds. The Morgan fingerprint density at radius 3 is 2.53 bits per heavy atom. The van der Waals surface area contributed by atoms with Gasteiger partial charge in [0.2, 0.25) is 0 Å². The van der Waals surface area contributed by atoms with Crippen molar-refractivity contribution in [2.24, 2.45) is 11.8 Å². The molecule has 0 spiro atoms. The summed E-state index contributed by atoms with van der Waals surface area (Å²) in [4.78, 5) is 23.7. The first-order valence-electron chi connectivity index (χ1n) is 7.22. The van der Waals surface area contributed by atoms with Gasteiger partial charge in [-0.3, -0.25) is 4.79 Å². The predicted octanol–water partition coefficient (Wildman–Crippen LogP) is 2.06. The van der Waals surface area contributed by atoms with Gasteiger partial charge < -0.3 is 15.4 Å². The summed E-state index contributed by atoms with van der Waals surface area (Å²) in [6.45, 7) is 6.81. The molecule has 0 saturated heterocycles. The van der Waals surface area contributed by atoms with Crippen molar-refractivity contribution in [3.8, 4) is 0 Å². The largest absolute Gasteiger partial charge is 0.361 e. The fourth-order valence-electron chi connectivity index (χ4n) is 1.82. The molecule has 1 unspecified atom stereocenters. The predicted molar refractivity (Wildman–Crippen MR) is 73.8 cm³/mol. The summed E-state index contributed by atoms with van der Waals surface area (Å²) in [6.07, 6.45) is 3.98. The average Bonchev–Trinajstić information content (AvgIpc) is 3.18. The molecule has 0 aromatic carbocycles. The SMILES string of the molecule is CCCCOCNC(=O)NC(C(=O)C1CC1)C(C)C. The number of ether oxygens (including phenoxy) is 1. The van der Waals surface area contributed by atoms with Gasteiger partial charge in [-0.2, -0.15) is 0 Å². The van der Waals surface area contributed by atoms with Crippen molar-refractivity contribution < 1.29 is 14.3 Å². The first kappa shape index (κ1) is 16.0. The van der Waals surface area contributed by atoms with Crippen LogP contribution in [0.25, 0.3) is 0 Å². The van der Waals surface area contributed by atoms with Gasteiger partial charge in [0.05, 0.1) is 6.04 Å². The Balaban J connectivity index is 2.25. The van der Waals surface area contributed by atoms with E-state index in [1.165, 1.54) is 0 Å². The van der Waals surface area contributed by atoms with Crippen LogP contribution in [0.3, 0.4) is 0 Å². The number of ketones is 1. The molecule has 5 nitrogen and oxygen atoms in total. The Bertz CT molecular complexity index is 301. The Hall–Kier alpha value is -1.10. The number of unbranched alkanes of at least 4 members (excludes halogenated alkanes) is 1. The standard InChI is InChI=1S/C14H26N2O3/c1-4-5-8-19-9-15-14(18)16-12(10(2)3)13(17)11-6-7-11/h10-12H,4-9H2,1-3H3,(H2,15,16,18). The van der Waals surface area contributed by atoms with Crippen LogP contribution in [-0.4, -0.2) is 31.2 Å². The van der Waals surface area contributed by atoms with Crippen molar-refractivity contribution in [3.63, 3.8) is 0 Å². The van der Waals surface area contributed by atoms with Crippen LogP contribution in [-0.2, 0) is 9.53 Å². The number of carbonyl (C=O) groups excluding carboxylic acids is 2. The third kappa shape index (κ3) is 6.05. The quantitative estimate of drug-likeness (QED) is 0.498. The average molecular weight is 270 g/mol. The van der Waals surface area contributed by atoms with Gasteiger partial charge in [-0.25, -0.2) is 4.79 Å². The van der Waals surface area contributed by atoms with Gasteiger partial charge >= 0.3 is 6.03 Å². The van der Waals surface area contributed by atoms with E-state index in [0.717, 1.165) is 25.7 Å². The zero-order valence-electron chi connectivity index (χ0n) is 12.2. The van der Waals surface area contributed by atoms with Gasteiger partial charge in [0.1, 0.15) is 6.73 Å². The second kappa shape index (κ2) is 8.15. The van der Waals surface area contributed by atoms with E-state index in [2.05, 4.69) is 17.6 Å². The van der Waals surface area contributed by atoms with Crippen molar-refractivity contribution in [3.05, 3.63) is 0 Å². The molecule has 1 fully saturated rings. The van der Waals surface area contributed by atoms with Gasteiger partial charge in [-0.05, 0) is 25.2 Å². The molecule has 1 atom stereocenters. The van der Waals surface area contributed by atoms with Crippen LogP contribution in [0.4, 0.5) is 4.79 Å². The topological polar surface area (TPSA) is 67.4 Å². The number of Topliss-reactive ketones (excluding diaryl/α,β-unsaturated/α-hetero) is 1. The fraction of sp³-hybridized carbons (Fsp3) is 0.857. The van der Waals surface area contributed by atoms with Crippen molar-refractivity contribution >= 4 is 11.8 Å². The van der Waals surface area contributed by atoms with Gasteiger partial charge in [-0.1, -0.05) is 27.2 Å². The molecule has 0 bridgehead atoms. The lowest BCUT2D eigenvalue weighted by Gasteiger charge is -2.21. The maximum atomic E-state index is 12.0. The first-order chi connectivity index (χ1) is 9.06. The molecule has 1 rings (SSSR count). The zero-order chi connectivity index (χ0) is 14.3. The van der Waals surface area contributed by atoms with E-state index in [1.54, 1.807) is 0 Å². The summed E-state index contributed by atoms with van der Waals surface area (Å²) in [5, 5.41) is 5.37. The van der Waals surface area contributed by atoms with Gasteiger partial charge in [0.15, 0.2) is 5.78 Å². The molecule has 0 aromatic heterocycles. The molecule has 0 aromatic rings. The van der Waals surface area contributed by atoms with Gasteiger partial charge in [-0.15, -0.1) is 0 Å². The van der Waals surface area contributed by atoms with E-state index in [1.807, 2.05) is 13.8 Å². The van der Waals surface area contributed by atoms with Crippen molar-refractivity contribution in [1.29, 1.82) is 0 Å². The minimum absolute atomic E-state index is 0.111. The molecule has 0 heterocycles. The number of rotatable bonds is 9. The number of nitrogens with one attached hydrogen (secondary N) is 2. The van der Waals surface area contributed by atoms with E-state index in [4.69, 9.17) is 4.74 Å².